The molecule has 0 aliphatic heterocycles. The van der Waals surface area contributed by atoms with Crippen LogP contribution in [-0.4, -0.2) is 49.3 Å². The van der Waals surface area contributed by atoms with Gasteiger partial charge >= 0.3 is 6.55 Å². The van der Waals surface area contributed by atoms with Crippen LogP contribution in [0.5, 0.6) is 0 Å². The van der Waals surface area contributed by atoms with Crippen LogP contribution < -0.4 is 5.32 Å². The number of rotatable bonds is 5. The number of nitrogens with zero attached hydrogens (tertiary/aromatic N) is 6. The Labute approximate surface area is 164 Å². The van der Waals surface area contributed by atoms with Crippen LogP contribution in [0.4, 0.5) is 20.4 Å². The molecule has 1 aromatic carbocycles. The van der Waals surface area contributed by atoms with E-state index in [0.717, 1.165) is 11.1 Å². The number of carbonyl (C=O) groups is 1. The summed E-state index contributed by atoms with van der Waals surface area (Å²) in [7, 11) is 3.40. The zero-order chi connectivity index (χ0) is 20.5. The average molecular weight is 397 g/mol. The quantitative estimate of drug-likeness (QED) is 0.558. The number of hydrogen-bond donors (Lipinski definition) is 1. The fourth-order valence-corrected chi connectivity index (χ4v) is 2.87. The highest BCUT2D eigenvalue weighted by Crippen LogP contribution is 2.25. The minimum Gasteiger partial charge on any atom is -0.345 e. The van der Waals surface area contributed by atoms with Crippen molar-refractivity contribution in [1.29, 1.82) is 0 Å². The molecule has 3 heterocycles. The predicted octanol–water partition coefficient (Wildman–Crippen LogP) is 3.43. The van der Waals surface area contributed by atoms with Gasteiger partial charge in [0.25, 0.3) is 5.91 Å². The lowest BCUT2D eigenvalue weighted by Crippen LogP contribution is -2.21. The van der Waals surface area contributed by atoms with Gasteiger partial charge in [-0.1, -0.05) is 12.1 Å². The molecule has 0 atom stereocenters. The number of halogens is 2. The molecule has 148 valence electrons. The number of aromatic nitrogens is 5. The van der Waals surface area contributed by atoms with Crippen LogP contribution in [0, 0.1) is 0 Å². The van der Waals surface area contributed by atoms with Crippen molar-refractivity contribution < 1.29 is 13.6 Å². The number of benzene rings is 1. The Morgan fingerprint density at radius 1 is 1.17 bits per heavy atom. The first-order valence-corrected chi connectivity index (χ1v) is 8.69. The van der Waals surface area contributed by atoms with E-state index in [9.17, 15) is 13.6 Å². The Kier molecular flexibility index (Phi) is 4.67. The molecule has 0 bridgehead atoms. The van der Waals surface area contributed by atoms with Crippen molar-refractivity contribution in [3.63, 3.8) is 0 Å². The first-order valence-electron chi connectivity index (χ1n) is 8.69. The maximum absolute atomic E-state index is 12.7. The van der Waals surface area contributed by atoms with E-state index >= 15 is 0 Å². The van der Waals surface area contributed by atoms with E-state index in [0.29, 0.717) is 21.6 Å². The van der Waals surface area contributed by atoms with Crippen molar-refractivity contribution >= 4 is 23.2 Å². The highest BCUT2D eigenvalue weighted by molar-refractivity contribution is 5.94. The van der Waals surface area contributed by atoms with Crippen LogP contribution in [0.25, 0.3) is 16.8 Å². The summed E-state index contributed by atoms with van der Waals surface area (Å²) in [5.74, 6) is 0.179. The van der Waals surface area contributed by atoms with E-state index in [1.165, 1.54) is 17.3 Å². The number of fused-ring (bicyclic) bond motifs is 1. The molecule has 0 aliphatic carbocycles. The first kappa shape index (κ1) is 18.5. The molecular weight excluding hydrogens is 380 g/mol. The standard InChI is InChI=1S/C19H17F2N7O/c1-26(2)17(29)13-7-5-12(6-8-13)15-4-3-9-27-16(15)24-19(25-27)23-14-10-22-28(11-14)18(20)21/h3-11,18H,1-2H3,(H,23,25). The molecule has 0 fully saturated rings. The fourth-order valence-electron chi connectivity index (χ4n) is 2.87. The Hall–Kier alpha value is -3.82. The maximum atomic E-state index is 12.7. The molecule has 10 heteroatoms. The van der Waals surface area contributed by atoms with Gasteiger partial charge in [-0.15, -0.1) is 5.10 Å². The molecule has 0 saturated heterocycles. The Bertz CT molecular complexity index is 1160. The van der Waals surface area contributed by atoms with Gasteiger partial charge in [0, 0.05) is 31.4 Å². The smallest absolute Gasteiger partial charge is 0.333 e. The Morgan fingerprint density at radius 2 is 1.93 bits per heavy atom. The maximum Gasteiger partial charge on any atom is 0.333 e. The summed E-state index contributed by atoms with van der Waals surface area (Å²) in [4.78, 5) is 18.0. The number of pyridine rings is 1. The van der Waals surface area contributed by atoms with Crippen molar-refractivity contribution in [3.05, 3.63) is 60.6 Å². The molecule has 29 heavy (non-hydrogen) atoms. The zero-order valence-electron chi connectivity index (χ0n) is 15.6. The second kappa shape index (κ2) is 7.30. The van der Waals surface area contributed by atoms with E-state index in [-0.39, 0.29) is 11.9 Å². The summed E-state index contributed by atoms with van der Waals surface area (Å²) in [5.41, 5.74) is 3.22. The van der Waals surface area contributed by atoms with E-state index in [1.807, 2.05) is 24.3 Å². The Morgan fingerprint density at radius 3 is 2.59 bits per heavy atom. The molecule has 8 nitrogen and oxygen atoms in total. The lowest BCUT2D eigenvalue weighted by atomic mass is 10.0. The zero-order valence-corrected chi connectivity index (χ0v) is 15.6. The van der Waals surface area contributed by atoms with Crippen LogP contribution in [0.2, 0.25) is 0 Å². The third-order valence-corrected chi connectivity index (χ3v) is 4.27. The summed E-state index contributed by atoms with van der Waals surface area (Å²) in [6, 6.07) is 10.9. The molecule has 0 radical (unpaired) electrons. The minimum atomic E-state index is -2.71. The van der Waals surface area contributed by atoms with E-state index in [4.69, 9.17) is 0 Å². The van der Waals surface area contributed by atoms with Crippen molar-refractivity contribution in [3.8, 4) is 11.1 Å². The molecule has 4 aromatic rings. The fraction of sp³-hybridized carbons (Fsp3) is 0.158. The van der Waals surface area contributed by atoms with Gasteiger partial charge in [-0.3, -0.25) is 4.79 Å². The molecule has 3 aromatic heterocycles. The number of anilines is 2. The third-order valence-electron chi connectivity index (χ3n) is 4.27. The van der Waals surface area contributed by atoms with Gasteiger partial charge in [0.2, 0.25) is 5.95 Å². The lowest BCUT2D eigenvalue weighted by Gasteiger charge is -2.10. The van der Waals surface area contributed by atoms with Crippen LogP contribution in [0.15, 0.2) is 55.0 Å². The first-order chi connectivity index (χ1) is 13.9. The lowest BCUT2D eigenvalue weighted by molar-refractivity contribution is 0.0566. The second-order valence-electron chi connectivity index (χ2n) is 6.51. The van der Waals surface area contributed by atoms with Gasteiger partial charge in [-0.25, -0.2) is 9.20 Å². The highest BCUT2D eigenvalue weighted by atomic mass is 19.3. The van der Waals surface area contributed by atoms with Crippen LogP contribution >= 0.6 is 0 Å². The summed E-state index contributed by atoms with van der Waals surface area (Å²) in [6.45, 7) is -2.71. The van der Waals surface area contributed by atoms with Crippen LogP contribution in [-0.2, 0) is 0 Å². The SMILES string of the molecule is CN(C)C(=O)c1ccc(-c2cccn3nc(Nc4cnn(C(F)F)c4)nc23)cc1. The third kappa shape index (κ3) is 3.64. The molecule has 0 aliphatic rings. The molecule has 1 amide bonds. The molecule has 0 saturated carbocycles. The average Bonchev–Trinajstić information content (AvgIpc) is 3.34. The normalized spacial score (nSPS) is 11.2. The van der Waals surface area contributed by atoms with Gasteiger partial charge in [0.1, 0.15) is 0 Å². The summed E-state index contributed by atoms with van der Waals surface area (Å²) >= 11 is 0. The van der Waals surface area contributed by atoms with Crippen LogP contribution in [0.3, 0.4) is 0 Å². The van der Waals surface area contributed by atoms with E-state index in [2.05, 4.69) is 20.5 Å². The predicted molar refractivity (Wildman–Crippen MR) is 103 cm³/mol. The van der Waals surface area contributed by atoms with Gasteiger partial charge in [0.15, 0.2) is 5.65 Å². The molecule has 1 N–H and O–H groups in total. The number of alkyl halides is 2. The molecule has 0 spiro atoms. The van der Waals surface area contributed by atoms with Crippen molar-refractivity contribution in [2.75, 3.05) is 19.4 Å². The number of amides is 1. The van der Waals surface area contributed by atoms with Crippen LogP contribution in [0.1, 0.15) is 16.9 Å². The topological polar surface area (TPSA) is 80.4 Å². The second-order valence-corrected chi connectivity index (χ2v) is 6.51. The minimum absolute atomic E-state index is 0.0759. The number of carbonyl (C=O) groups excluding carboxylic acids is 1. The van der Waals surface area contributed by atoms with E-state index in [1.54, 1.807) is 36.9 Å². The summed E-state index contributed by atoms with van der Waals surface area (Å²) < 4.78 is 27.5. The largest absolute Gasteiger partial charge is 0.345 e. The number of hydrogen-bond acceptors (Lipinski definition) is 5. The highest BCUT2D eigenvalue weighted by Gasteiger charge is 2.13. The molecule has 0 unspecified atom stereocenters. The van der Waals surface area contributed by atoms with Crippen molar-refractivity contribution in [1.82, 2.24) is 29.3 Å². The van der Waals surface area contributed by atoms with Crippen molar-refractivity contribution in [2.24, 2.45) is 0 Å². The van der Waals surface area contributed by atoms with Gasteiger partial charge in [-0.2, -0.15) is 18.9 Å². The van der Waals surface area contributed by atoms with E-state index < -0.39 is 6.55 Å². The number of nitrogens with one attached hydrogen (secondary N) is 1. The monoisotopic (exact) mass is 397 g/mol. The van der Waals surface area contributed by atoms with Gasteiger partial charge < -0.3 is 10.2 Å². The molecule has 4 rings (SSSR count). The summed E-state index contributed by atoms with van der Waals surface area (Å²) in [6.07, 6.45) is 4.19. The van der Waals surface area contributed by atoms with Gasteiger partial charge in [0.05, 0.1) is 18.1 Å². The Balaban J connectivity index is 1.65. The molecular formula is C19H17F2N7O. The summed E-state index contributed by atoms with van der Waals surface area (Å²) in [5, 5.41) is 10.8. The van der Waals surface area contributed by atoms with Crippen molar-refractivity contribution in [2.45, 2.75) is 6.55 Å². The van der Waals surface area contributed by atoms with Gasteiger partial charge in [-0.05, 0) is 29.8 Å².